The molecule has 3 aromatic carbocycles. The molecule has 0 heterocycles. The number of carbonyl (C=O) groups is 1. The Morgan fingerprint density at radius 3 is 2.19 bits per heavy atom. The highest BCUT2D eigenvalue weighted by atomic mass is 16.5. The van der Waals surface area contributed by atoms with Crippen LogP contribution < -0.4 is 10.1 Å². The molecule has 3 rings (SSSR count). The van der Waals surface area contributed by atoms with Crippen molar-refractivity contribution in [1.82, 2.24) is 5.32 Å². The molecule has 3 aromatic rings. The van der Waals surface area contributed by atoms with Crippen LogP contribution in [0.1, 0.15) is 33.9 Å². The molecule has 0 fully saturated rings. The second-order valence-corrected chi connectivity index (χ2v) is 6.26. The van der Waals surface area contributed by atoms with Gasteiger partial charge in [0.25, 0.3) is 5.91 Å². The monoisotopic (exact) mass is 357 g/mol. The molecular weight excluding hydrogens is 334 g/mol. The summed E-state index contributed by atoms with van der Waals surface area (Å²) in [6, 6.07) is 27.0. The Balaban J connectivity index is 1.61. The molecule has 0 bridgehead atoms. The second kappa shape index (κ2) is 9.39. The van der Waals surface area contributed by atoms with E-state index in [1.54, 1.807) is 12.1 Å². The maximum absolute atomic E-state index is 12.6. The maximum Gasteiger partial charge on any atom is 0.251 e. The van der Waals surface area contributed by atoms with Gasteiger partial charge in [-0.2, -0.15) is 0 Å². The van der Waals surface area contributed by atoms with Crippen molar-refractivity contribution in [3.8, 4) is 5.75 Å². The minimum Gasteiger partial charge on any atom is -0.489 e. The van der Waals surface area contributed by atoms with Gasteiger partial charge in [-0.3, -0.25) is 4.79 Å². The van der Waals surface area contributed by atoms with Crippen LogP contribution in [0.25, 0.3) is 0 Å². The molecule has 3 heteroatoms. The average Bonchev–Trinajstić information content (AvgIpc) is 2.73. The highest BCUT2D eigenvalue weighted by Crippen LogP contribution is 2.19. The van der Waals surface area contributed by atoms with Crippen molar-refractivity contribution in [2.24, 2.45) is 0 Å². The van der Waals surface area contributed by atoms with Crippen molar-refractivity contribution in [3.05, 3.63) is 114 Å². The lowest BCUT2D eigenvalue weighted by Crippen LogP contribution is -2.28. The van der Waals surface area contributed by atoms with Crippen molar-refractivity contribution in [2.45, 2.75) is 19.1 Å². The number of ether oxygens (including phenoxy) is 1. The molecule has 0 aliphatic heterocycles. The van der Waals surface area contributed by atoms with Crippen LogP contribution in [0.15, 0.2) is 97.6 Å². The van der Waals surface area contributed by atoms with Gasteiger partial charge in [-0.05, 0) is 41.8 Å². The van der Waals surface area contributed by atoms with Gasteiger partial charge in [0.05, 0.1) is 6.04 Å². The zero-order valence-corrected chi connectivity index (χ0v) is 15.2. The topological polar surface area (TPSA) is 38.3 Å². The summed E-state index contributed by atoms with van der Waals surface area (Å²) in [5.74, 6) is 0.626. The summed E-state index contributed by atoms with van der Waals surface area (Å²) in [5, 5.41) is 3.08. The Bertz CT molecular complexity index is 858. The summed E-state index contributed by atoms with van der Waals surface area (Å²) in [5.41, 5.74) is 2.77. The minimum atomic E-state index is -0.111. The molecule has 1 unspecified atom stereocenters. The lowest BCUT2D eigenvalue weighted by atomic mass is 10.0. The first-order valence-electron chi connectivity index (χ1n) is 9.00. The summed E-state index contributed by atoms with van der Waals surface area (Å²) in [4.78, 5) is 12.6. The van der Waals surface area contributed by atoms with Crippen molar-refractivity contribution in [2.75, 3.05) is 0 Å². The van der Waals surface area contributed by atoms with Gasteiger partial charge in [0.1, 0.15) is 12.4 Å². The lowest BCUT2D eigenvalue weighted by Gasteiger charge is -2.18. The molecule has 27 heavy (non-hydrogen) atoms. The van der Waals surface area contributed by atoms with Crippen LogP contribution >= 0.6 is 0 Å². The first kappa shape index (κ1) is 18.5. The van der Waals surface area contributed by atoms with E-state index in [4.69, 9.17) is 4.74 Å². The Morgan fingerprint density at radius 1 is 0.926 bits per heavy atom. The van der Waals surface area contributed by atoms with Gasteiger partial charge in [-0.15, -0.1) is 6.58 Å². The average molecular weight is 357 g/mol. The minimum absolute atomic E-state index is 0.0924. The molecule has 0 spiro atoms. The molecule has 3 nitrogen and oxygen atoms in total. The summed E-state index contributed by atoms with van der Waals surface area (Å²) in [7, 11) is 0. The van der Waals surface area contributed by atoms with Gasteiger partial charge in [0.15, 0.2) is 0 Å². The van der Waals surface area contributed by atoms with Crippen LogP contribution in [0.3, 0.4) is 0 Å². The Kier molecular flexibility index (Phi) is 6.42. The molecule has 1 N–H and O–H groups in total. The van der Waals surface area contributed by atoms with Crippen LogP contribution in [-0.4, -0.2) is 5.91 Å². The zero-order valence-electron chi connectivity index (χ0n) is 15.2. The van der Waals surface area contributed by atoms with Crippen LogP contribution in [0, 0.1) is 0 Å². The van der Waals surface area contributed by atoms with Crippen molar-refractivity contribution in [1.29, 1.82) is 0 Å². The Hall–Kier alpha value is -3.33. The highest BCUT2D eigenvalue weighted by Gasteiger charge is 2.14. The first-order chi connectivity index (χ1) is 13.3. The van der Waals surface area contributed by atoms with E-state index in [2.05, 4.69) is 11.9 Å². The summed E-state index contributed by atoms with van der Waals surface area (Å²) < 4.78 is 5.77. The van der Waals surface area contributed by atoms with Gasteiger partial charge in [0, 0.05) is 5.56 Å². The molecule has 136 valence electrons. The van der Waals surface area contributed by atoms with E-state index in [1.165, 1.54) is 0 Å². The van der Waals surface area contributed by atoms with Gasteiger partial charge < -0.3 is 10.1 Å². The summed E-state index contributed by atoms with van der Waals surface area (Å²) in [6.07, 6.45) is 2.49. The van der Waals surface area contributed by atoms with E-state index in [1.807, 2.05) is 78.9 Å². The smallest absolute Gasteiger partial charge is 0.251 e. The quantitative estimate of drug-likeness (QED) is 0.555. The van der Waals surface area contributed by atoms with Gasteiger partial charge in [-0.1, -0.05) is 66.7 Å². The van der Waals surface area contributed by atoms with Crippen LogP contribution in [0.5, 0.6) is 5.75 Å². The number of benzene rings is 3. The molecule has 1 amide bonds. The van der Waals surface area contributed by atoms with Gasteiger partial charge in [0.2, 0.25) is 0 Å². The molecule has 1 atom stereocenters. The van der Waals surface area contributed by atoms with Crippen molar-refractivity contribution >= 4 is 5.91 Å². The molecule has 0 saturated heterocycles. The fraction of sp³-hybridized carbons (Fsp3) is 0.125. The van der Waals surface area contributed by atoms with E-state index >= 15 is 0 Å². The molecule has 0 aliphatic rings. The normalized spacial score (nSPS) is 11.4. The molecule has 0 aromatic heterocycles. The number of carbonyl (C=O) groups excluding carboxylic acids is 1. The largest absolute Gasteiger partial charge is 0.489 e. The third kappa shape index (κ3) is 5.32. The van der Waals surface area contributed by atoms with E-state index < -0.39 is 0 Å². The van der Waals surface area contributed by atoms with Crippen LogP contribution in [0.2, 0.25) is 0 Å². The molecular formula is C24H23NO2. The van der Waals surface area contributed by atoms with E-state index in [0.29, 0.717) is 18.6 Å². The predicted octanol–water partition coefficient (Wildman–Crippen LogP) is 5.31. The van der Waals surface area contributed by atoms with Crippen molar-refractivity contribution in [3.63, 3.8) is 0 Å². The van der Waals surface area contributed by atoms with E-state index in [9.17, 15) is 4.79 Å². The van der Waals surface area contributed by atoms with E-state index in [-0.39, 0.29) is 11.9 Å². The number of hydrogen-bond donors (Lipinski definition) is 1. The van der Waals surface area contributed by atoms with E-state index in [0.717, 1.165) is 16.9 Å². The molecule has 0 saturated carbocycles. The fourth-order valence-corrected chi connectivity index (χ4v) is 2.82. The predicted molar refractivity (Wildman–Crippen MR) is 109 cm³/mol. The number of nitrogens with one attached hydrogen (secondary N) is 1. The lowest BCUT2D eigenvalue weighted by molar-refractivity contribution is 0.0937. The fourth-order valence-electron chi connectivity index (χ4n) is 2.82. The zero-order chi connectivity index (χ0) is 18.9. The number of amides is 1. The second-order valence-electron chi connectivity index (χ2n) is 6.26. The Morgan fingerprint density at radius 2 is 1.56 bits per heavy atom. The number of hydrogen-bond acceptors (Lipinski definition) is 2. The SMILES string of the molecule is C=CCC(NC(=O)c1ccc(OCc2ccccc2)cc1)c1ccccc1. The summed E-state index contributed by atoms with van der Waals surface area (Å²) >= 11 is 0. The Labute approximate surface area is 160 Å². The first-order valence-corrected chi connectivity index (χ1v) is 9.00. The van der Waals surface area contributed by atoms with Gasteiger partial charge in [-0.25, -0.2) is 0 Å². The molecule has 0 radical (unpaired) electrons. The van der Waals surface area contributed by atoms with Crippen LogP contribution in [-0.2, 0) is 6.61 Å². The molecule has 0 aliphatic carbocycles. The standard InChI is InChI=1S/C24H23NO2/c1-2-9-23(20-12-7-4-8-13-20)25-24(26)21-14-16-22(17-15-21)27-18-19-10-5-3-6-11-19/h2-8,10-17,23H,1,9,18H2,(H,25,26). The number of rotatable bonds is 8. The van der Waals surface area contributed by atoms with Crippen LogP contribution in [0.4, 0.5) is 0 Å². The summed E-state index contributed by atoms with van der Waals surface area (Å²) in [6.45, 7) is 4.30. The third-order valence-corrected chi connectivity index (χ3v) is 4.27. The van der Waals surface area contributed by atoms with Crippen molar-refractivity contribution < 1.29 is 9.53 Å². The van der Waals surface area contributed by atoms with Gasteiger partial charge >= 0.3 is 0 Å². The third-order valence-electron chi connectivity index (χ3n) is 4.27. The highest BCUT2D eigenvalue weighted by molar-refractivity contribution is 5.94. The maximum atomic E-state index is 12.6.